The Bertz CT molecular complexity index is 508. The molecule has 1 aromatic rings. The van der Waals surface area contributed by atoms with Gasteiger partial charge < -0.3 is 9.31 Å². The minimum Gasteiger partial charge on any atom is -0.494 e. The summed E-state index contributed by atoms with van der Waals surface area (Å²) in [5, 5.41) is 0. The molecule has 0 unspecified atom stereocenters. The molecule has 1 fully saturated rings. The van der Waals surface area contributed by atoms with Crippen LogP contribution in [-0.4, -0.2) is 49.1 Å². The third-order valence-corrected chi connectivity index (χ3v) is 3.48. The molecule has 6 nitrogen and oxygen atoms in total. The van der Waals surface area contributed by atoms with Crippen LogP contribution in [-0.2, 0) is 18.9 Å². The summed E-state index contributed by atoms with van der Waals surface area (Å²) in [6.45, 7) is 0.0743. The number of nitrogens with zero attached hydrogens (tertiary/aromatic N) is 2. The number of halogens is 2. The Morgan fingerprint density at radius 2 is 1.84 bits per heavy atom. The van der Waals surface area contributed by atoms with Crippen LogP contribution in [0.2, 0.25) is 0 Å². The zero-order valence-corrected chi connectivity index (χ0v) is 13.1. The van der Waals surface area contributed by atoms with Crippen LogP contribution in [0.1, 0.15) is 0 Å². The first-order valence-electron chi connectivity index (χ1n) is 5.34. The van der Waals surface area contributed by atoms with E-state index < -0.39 is 19.1 Å². The number of hydrogen-bond donors (Lipinski definition) is 0. The highest BCUT2D eigenvalue weighted by atomic mass is 79.9. The van der Waals surface area contributed by atoms with Crippen LogP contribution in [0.3, 0.4) is 0 Å². The Hall–Kier alpha value is -0.925. The number of pyridine rings is 1. The highest BCUT2D eigenvalue weighted by Crippen LogP contribution is 2.13. The summed E-state index contributed by atoms with van der Waals surface area (Å²) in [7, 11) is 0.573. The third kappa shape index (κ3) is 3.77. The van der Waals surface area contributed by atoms with Crippen molar-refractivity contribution in [2.24, 2.45) is 0 Å². The molecular formula is C10H9BBr2N2O4. The van der Waals surface area contributed by atoms with Gasteiger partial charge in [-0.15, -0.1) is 0 Å². The molecule has 2 heterocycles. The van der Waals surface area contributed by atoms with Gasteiger partial charge in [-0.25, -0.2) is 4.98 Å². The van der Waals surface area contributed by atoms with Crippen molar-refractivity contribution in [3.8, 4) is 0 Å². The molecule has 1 aliphatic heterocycles. The first-order valence-corrected chi connectivity index (χ1v) is 6.93. The maximum Gasteiger partial charge on any atom is 0.637 e. The van der Waals surface area contributed by atoms with E-state index in [1.807, 2.05) is 0 Å². The van der Waals surface area contributed by atoms with Crippen molar-refractivity contribution in [3.63, 3.8) is 0 Å². The largest absolute Gasteiger partial charge is 0.637 e. The monoisotopic (exact) mass is 390 g/mol. The van der Waals surface area contributed by atoms with Crippen molar-refractivity contribution < 1.29 is 18.9 Å². The van der Waals surface area contributed by atoms with Gasteiger partial charge in [-0.1, -0.05) is 0 Å². The Morgan fingerprint density at radius 1 is 1.26 bits per heavy atom. The third-order valence-electron chi connectivity index (χ3n) is 2.38. The van der Waals surface area contributed by atoms with E-state index in [0.717, 1.165) is 0 Å². The topological polar surface area (TPSA) is 68.7 Å². The highest BCUT2D eigenvalue weighted by Gasteiger charge is 2.35. The van der Waals surface area contributed by atoms with Gasteiger partial charge in [-0.05, 0) is 45.0 Å². The summed E-state index contributed by atoms with van der Waals surface area (Å²) >= 11 is 6.50. The van der Waals surface area contributed by atoms with Gasteiger partial charge in [-0.3, -0.25) is 14.5 Å². The summed E-state index contributed by atoms with van der Waals surface area (Å²) in [6.07, 6.45) is 1.53. The van der Waals surface area contributed by atoms with Gasteiger partial charge in [0, 0.05) is 16.1 Å². The standard InChI is InChI=1S/C10H9BBr2N2O4/c1-15-4-9(16)18-11(19-10(17)5-15)6-2-8(13)14-3-7(6)12/h2-3H,4-5H2,1H3. The molecule has 19 heavy (non-hydrogen) atoms. The lowest BCUT2D eigenvalue weighted by atomic mass is 9.79. The van der Waals surface area contributed by atoms with Gasteiger partial charge in [0.25, 0.3) is 0 Å². The normalized spacial score (nSPS) is 17.5. The molecule has 1 aromatic heterocycles. The zero-order chi connectivity index (χ0) is 14.0. The molecule has 1 aliphatic rings. The van der Waals surface area contributed by atoms with Crippen molar-refractivity contribution >= 4 is 56.4 Å². The molecule has 100 valence electrons. The van der Waals surface area contributed by atoms with Crippen LogP contribution < -0.4 is 5.46 Å². The molecule has 0 radical (unpaired) electrons. The highest BCUT2D eigenvalue weighted by molar-refractivity contribution is 9.11. The Balaban J connectivity index is 2.28. The van der Waals surface area contributed by atoms with E-state index in [2.05, 4.69) is 36.8 Å². The van der Waals surface area contributed by atoms with E-state index >= 15 is 0 Å². The second-order valence-electron chi connectivity index (χ2n) is 4.01. The summed E-state index contributed by atoms with van der Waals surface area (Å²) in [5.74, 6) is -0.917. The predicted molar refractivity (Wildman–Crippen MR) is 74.7 cm³/mol. The number of aromatic nitrogens is 1. The Kier molecular flexibility index (Phi) is 4.59. The van der Waals surface area contributed by atoms with Crippen molar-refractivity contribution in [1.29, 1.82) is 0 Å². The maximum absolute atomic E-state index is 11.6. The van der Waals surface area contributed by atoms with E-state index in [1.165, 1.54) is 11.1 Å². The molecule has 0 amide bonds. The Labute approximate surface area is 126 Å². The van der Waals surface area contributed by atoms with E-state index in [9.17, 15) is 9.59 Å². The molecular weight excluding hydrogens is 383 g/mol. The lowest BCUT2D eigenvalue weighted by Crippen LogP contribution is -2.48. The SMILES string of the molecule is CN1CC(=O)OB(c2cc(Br)ncc2Br)OC(=O)C1. The first kappa shape index (κ1) is 14.5. The van der Waals surface area contributed by atoms with E-state index in [1.54, 1.807) is 13.1 Å². The fourth-order valence-corrected chi connectivity index (χ4v) is 2.32. The van der Waals surface area contributed by atoms with Crippen LogP contribution in [0, 0.1) is 0 Å². The fourth-order valence-electron chi connectivity index (χ4n) is 1.57. The molecule has 9 heteroatoms. The minimum absolute atomic E-state index is 0.0372. The van der Waals surface area contributed by atoms with Crippen molar-refractivity contribution in [1.82, 2.24) is 9.88 Å². The van der Waals surface area contributed by atoms with Gasteiger partial charge in [-0.2, -0.15) is 0 Å². The number of likely N-dealkylation sites (N-methyl/N-ethyl adjacent to an activating group) is 1. The molecule has 0 aromatic carbocycles. The van der Waals surface area contributed by atoms with Crippen LogP contribution >= 0.6 is 31.9 Å². The van der Waals surface area contributed by atoms with Crippen molar-refractivity contribution in [2.45, 2.75) is 0 Å². The summed E-state index contributed by atoms with van der Waals surface area (Å²) < 4.78 is 11.4. The second-order valence-corrected chi connectivity index (χ2v) is 5.68. The molecule has 0 spiro atoms. The van der Waals surface area contributed by atoms with Crippen LogP contribution in [0.5, 0.6) is 0 Å². The summed E-state index contributed by atoms with van der Waals surface area (Å²) in [4.78, 5) is 28.8. The fraction of sp³-hybridized carbons (Fsp3) is 0.300. The average Bonchev–Trinajstić information content (AvgIpc) is 2.29. The molecule has 0 aliphatic carbocycles. The number of carbonyl (C=O) groups is 2. The van der Waals surface area contributed by atoms with E-state index in [4.69, 9.17) is 9.31 Å². The van der Waals surface area contributed by atoms with Crippen molar-refractivity contribution in [2.75, 3.05) is 20.1 Å². The van der Waals surface area contributed by atoms with Crippen LogP contribution in [0.4, 0.5) is 0 Å². The first-order chi connectivity index (χ1) is 8.95. The number of rotatable bonds is 1. The second kappa shape index (κ2) is 6.02. The van der Waals surface area contributed by atoms with Crippen LogP contribution in [0.15, 0.2) is 21.3 Å². The van der Waals surface area contributed by atoms with Gasteiger partial charge in [0.1, 0.15) is 4.60 Å². The van der Waals surface area contributed by atoms with E-state index in [-0.39, 0.29) is 13.1 Å². The Morgan fingerprint density at radius 3 is 2.42 bits per heavy atom. The number of carbonyl (C=O) groups excluding carboxylic acids is 2. The molecule has 0 saturated carbocycles. The smallest absolute Gasteiger partial charge is 0.494 e. The van der Waals surface area contributed by atoms with Gasteiger partial charge in [0.05, 0.1) is 13.1 Å². The molecule has 2 rings (SSSR count). The molecule has 1 saturated heterocycles. The van der Waals surface area contributed by atoms with Gasteiger partial charge in [0.2, 0.25) is 0 Å². The lowest BCUT2D eigenvalue weighted by Gasteiger charge is -2.23. The van der Waals surface area contributed by atoms with Crippen molar-refractivity contribution in [3.05, 3.63) is 21.3 Å². The number of hydrogen-bond acceptors (Lipinski definition) is 6. The van der Waals surface area contributed by atoms with Gasteiger partial charge >= 0.3 is 19.1 Å². The molecule has 0 bridgehead atoms. The lowest BCUT2D eigenvalue weighted by molar-refractivity contribution is -0.145. The minimum atomic E-state index is -1.07. The predicted octanol–water partition coefficient (Wildman–Crippen LogP) is 0.334. The maximum atomic E-state index is 11.6. The average molecular weight is 392 g/mol. The zero-order valence-electron chi connectivity index (χ0n) is 9.93. The van der Waals surface area contributed by atoms with E-state index in [0.29, 0.717) is 14.5 Å². The van der Waals surface area contributed by atoms with Gasteiger partial charge in [0.15, 0.2) is 0 Å². The summed E-state index contributed by atoms with van der Waals surface area (Å²) in [6, 6.07) is 1.63. The summed E-state index contributed by atoms with van der Waals surface area (Å²) in [5.41, 5.74) is 0.521. The molecule has 0 atom stereocenters. The quantitative estimate of drug-likeness (QED) is 0.508. The van der Waals surface area contributed by atoms with Crippen LogP contribution in [0.25, 0.3) is 0 Å². The molecule has 0 N–H and O–H groups in total.